The Balaban J connectivity index is 1.82. The lowest BCUT2D eigenvalue weighted by Crippen LogP contribution is -2.57. The summed E-state index contributed by atoms with van der Waals surface area (Å²) in [5.74, 6) is -0.266. The highest BCUT2D eigenvalue weighted by atomic mass is 16.5. The van der Waals surface area contributed by atoms with Crippen LogP contribution in [0.3, 0.4) is 0 Å². The number of piperazine rings is 1. The van der Waals surface area contributed by atoms with Gasteiger partial charge in [-0.1, -0.05) is 36.4 Å². The Bertz CT molecular complexity index is 754. The number of amides is 1. The van der Waals surface area contributed by atoms with E-state index in [1.807, 2.05) is 59.2 Å². The number of benzene rings is 2. The second kappa shape index (κ2) is 7.01. The summed E-state index contributed by atoms with van der Waals surface area (Å²) in [4.78, 5) is 28.3. The van der Waals surface area contributed by atoms with Gasteiger partial charge in [-0.15, -0.1) is 0 Å². The largest absolute Gasteiger partial charge is 0.465 e. The van der Waals surface area contributed by atoms with E-state index in [-0.39, 0.29) is 24.5 Å². The first-order valence-electron chi connectivity index (χ1n) is 8.30. The van der Waals surface area contributed by atoms with Crippen LogP contribution in [-0.4, -0.2) is 49.1 Å². The van der Waals surface area contributed by atoms with Gasteiger partial charge in [-0.05, 0) is 25.3 Å². The number of hydrogen-bond acceptors (Lipinski definition) is 4. The quantitative estimate of drug-likeness (QED) is 0.810. The van der Waals surface area contributed by atoms with Crippen LogP contribution in [0, 0.1) is 0 Å². The molecule has 1 atom stereocenters. The highest BCUT2D eigenvalue weighted by molar-refractivity contribution is 6.05. The lowest BCUT2D eigenvalue weighted by molar-refractivity contribution is -0.145. The summed E-state index contributed by atoms with van der Waals surface area (Å²) >= 11 is 0. The van der Waals surface area contributed by atoms with E-state index in [1.165, 1.54) is 0 Å². The van der Waals surface area contributed by atoms with Crippen molar-refractivity contribution in [2.45, 2.75) is 19.9 Å². The van der Waals surface area contributed by atoms with Crippen molar-refractivity contribution >= 4 is 28.3 Å². The molecule has 0 radical (unpaired) electrons. The van der Waals surface area contributed by atoms with Crippen molar-refractivity contribution in [2.75, 3.05) is 31.1 Å². The first-order valence-corrected chi connectivity index (χ1v) is 8.30. The second-order valence-electron chi connectivity index (χ2n) is 5.94. The number of nitrogens with zero attached hydrogens (tertiary/aromatic N) is 2. The maximum atomic E-state index is 12.9. The molecule has 0 unspecified atom stereocenters. The lowest BCUT2D eigenvalue weighted by Gasteiger charge is -2.38. The minimum absolute atomic E-state index is 0.0156. The smallest absolute Gasteiger partial charge is 0.320 e. The molecule has 24 heavy (non-hydrogen) atoms. The van der Waals surface area contributed by atoms with Gasteiger partial charge < -0.3 is 9.64 Å². The van der Waals surface area contributed by atoms with Gasteiger partial charge in [0.25, 0.3) is 0 Å². The maximum absolute atomic E-state index is 12.9. The van der Waals surface area contributed by atoms with Gasteiger partial charge in [0.15, 0.2) is 0 Å². The summed E-state index contributed by atoms with van der Waals surface area (Å²) < 4.78 is 4.99. The van der Waals surface area contributed by atoms with Crippen LogP contribution in [0.2, 0.25) is 0 Å². The Morgan fingerprint density at radius 3 is 2.71 bits per heavy atom. The van der Waals surface area contributed by atoms with E-state index in [1.54, 1.807) is 6.92 Å². The van der Waals surface area contributed by atoms with Gasteiger partial charge in [0.2, 0.25) is 5.91 Å². The summed E-state index contributed by atoms with van der Waals surface area (Å²) in [7, 11) is 0. The number of esters is 1. The molecule has 1 aliphatic heterocycles. The zero-order valence-electron chi connectivity index (χ0n) is 14.1. The Labute approximate surface area is 141 Å². The van der Waals surface area contributed by atoms with Crippen LogP contribution in [0.4, 0.5) is 5.69 Å². The number of hydrogen-bond donors (Lipinski definition) is 0. The summed E-state index contributed by atoms with van der Waals surface area (Å²) in [6.45, 7) is 5.36. The number of fused-ring (bicyclic) bond motifs is 1. The third-order valence-electron chi connectivity index (χ3n) is 4.48. The van der Waals surface area contributed by atoms with E-state index >= 15 is 0 Å². The average Bonchev–Trinajstić information content (AvgIpc) is 2.59. The molecule has 0 aromatic heterocycles. The van der Waals surface area contributed by atoms with Crippen molar-refractivity contribution in [1.82, 2.24) is 4.90 Å². The molecule has 1 saturated heterocycles. The molecule has 3 rings (SSSR count). The van der Waals surface area contributed by atoms with E-state index in [4.69, 9.17) is 4.74 Å². The van der Waals surface area contributed by atoms with Gasteiger partial charge in [0.1, 0.15) is 0 Å². The predicted octanol–water partition coefficient (Wildman–Crippen LogP) is 2.44. The normalized spacial score (nSPS) is 18.8. The molecule has 126 valence electrons. The van der Waals surface area contributed by atoms with Crippen molar-refractivity contribution in [3.8, 4) is 0 Å². The van der Waals surface area contributed by atoms with Crippen LogP contribution < -0.4 is 4.90 Å². The second-order valence-corrected chi connectivity index (χ2v) is 5.94. The molecule has 5 heteroatoms. The molecule has 0 aliphatic carbocycles. The zero-order chi connectivity index (χ0) is 17.1. The van der Waals surface area contributed by atoms with Crippen LogP contribution in [0.15, 0.2) is 42.5 Å². The van der Waals surface area contributed by atoms with Gasteiger partial charge in [0, 0.05) is 18.5 Å². The molecule has 2 aromatic rings. The van der Waals surface area contributed by atoms with E-state index in [0.29, 0.717) is 19.7 Å². The fourth-order valence-corrected chi connectivity index (χ4v) is 3.19. The van der Waals surface area contributed by atoms with Crippen LogP contribution in [0.25, 0.3) is 10.8 Å². The van der Waals surface area contributed by atoms with Crippen molar-refractivity contribution in [3.63, 3.8) is 0 Å². The molecule has 0 spiro atoms. The van der Waals surface area contributed by atoms with E-state index in [2.05, 4.69) is 0 Å². The first-order chi connectivity index (χ1) is 11.6. The van der Waals surface area contributed by atoms with Crippen molar-refractivity contribution in [2.24, 2.45) is 0 Å². The molecule has 1 amide bonds. The Morgan fingerprint density at radius 2 is 1.92 bits per heavy atom. The van der Waals surface area contributed by atoms with E-state index in [0.717, 1.165) is 16.5 Å². The highest BCUT2D eigenvalue weighted by Gasteiger charge is 2.33. The predicted molar refractivity (Wildman–Crippen MR) is 94.0 cm³/mol. The number of carbonyl (C=O) groups excluding carboxylic acids is 2. The number of ether oxygens (including phenoxy) is 1. The third-order valence-corrected chi connectivity index (χ3v) is 4.48. The van der Waals surface area contributed by atoms with Crippen LogP contribution in [0.1, 0.15) is 13.8 Å². The highest BCUT2D eigenvalue weighted by Crippen LogP contribution is 2.29. The number of anilines is 1. The summed E-state index contributed by atoms with van der Waals surface area (Å²) in [5.41, 5.74) is 0.931. The molecule has 1 heterocycles. The summed E-state index contributed by atoms with van der Waals surface area (Å²) in [5, 5.41) is 2.18. The van der Waals surface area contributed by atoms with Gasteiger partial charge >= 0.3 is 5.97 Å². The van der Waals surface area contributed by atoms with Gasteiger partial charge in [-0.3, -0.25) is 14.5 Å². The van der Waals surface area contributed by atoms with Gasteiger partial charge in [-0.2, -0.15) is 0 Å². The van der Waals surface area contributed by atoms with Gasteiger partial charge in [0.05, 0.1) is 24.9 Å². The molecular formula is C19H22N2O3. The van der Waals surface area contributed by atoms with Crippen molar-refractivity contribution in [3.05, 3.63) is 42.5 Å². The number of carbonyl (C=O) groups is 2. The Kier molecular flexibility index (Phi) is 4.81. The maximum Gasteiger partial charge on any atom is 0.320 e. The van der Waals surface area contributed by atoms with E-state index < -0.39 is 0 Å². The molecule has 5 nitrogen and oxygen atoms in total. The molecule has 1 aliphatic rings. The van der Waals surface area contributed by atoms with Crippen molar-refractivity contribution < 1.29 is 14.3 Å². The third kappa shape index (κ3) is 3.12. The van der Waals surface area contributed by atoms with Crippen LogP contribution >= 0.6 is 0 Å². The minimum atomic E-state index is -0.345. The molecule has 0 saturated carbocycles. The summed E-state index contributed by atoms with van der Waals surface area (Å²) in [6, 6.07) is 13.7. The fourth-order valence-electron chi connectivity index (χ4n) is 3.19. The van der Waals surface area contributed by atoms with Crippen LogP contribution in [-0.2, 0) is 14.3 Å². The molecule has 0 bridgehead atoms. The average molecular weight is 326 g/mol. The monoisotopic (exact) mass is 326 g/mol. The Hall–Kier alpha value is -2.40. The lowest BCUT2D eigenvalue weighted by atomic mass is 10.1. The van der Waals surface area contributed by atoms with E-state index in [9.17, 15) is 9.59 Å². The minimum Gasteiger partial charge on any atom is -0.465 e. The Morgan fingerprint density at radius 1 is 1.17 bits per heavy atom. The molecule has 1 fully saturated rings. The zero-order valence-corrected chi connectivity index (χ0v) is 14.1. The fraction of sp³-hybridized carbons (Fsp3) is 0.368. The SMILES string of the molecule is CCOC(=O)CN1CCN(c2cccc3ccccc23)C(=O)[C@@H]1C. The first kappa shape index (κ1) is 16.5. The van der Waals surface area contributed by atoms with Crippen LogP contribution in [0.5, 0.6) is 0 Å². The molecular weight excluding hydrogens is 304 g/mol. The topological polar surface area (TPSA) is 49.9 Å². The summed E-state index contributed by atoms with van der Waals surface area (Å²) in [6.07, 6.45) is 0. The molecule has 2 aromatic carbocycles. The van der Waals surface area contributed by atoms with Gasteiger partial charge in [-0.25, -0.2) is 0 Å². The number of rotatable bonds is 4. The standard InChI is InChI=1S/C19H22N2O3/c1-3-24-18(22)13-20-11-12-21(19(23)14(20)2)17-10-6-8-15-7-4-5-9-16(15)17/h4-10,14H,3,11-13H2,1-2H3/t14-/m0/s1. The van der Waals surface area contributed by atoms with Crippen molar-refractivity contribution in [1.29, 1.82) is 0 Å². The molecule has 0 N–H and O–H groups in total.